The van der Waals surface area contributed by atoms with Crippen LogP contribution >= 0.6 is 0 Å². The zero-order chi connectivity index (χ0) is 15.4. The lowest BCUT2D eigenvalue weighted by molar-refractivity contribution is -0.903. The van der Waals surface area contributed by atoms with Gasteiger partial charge in [0.25, 0.3) is 5.91 Å². The van der Waals surface area contributed by atoms with Crippen molar-refractivity contribution in [3.8, 4) is 0 Å². The van der Waals surface area contributed by atoms with Gasteiger partial charge >= 0.3 is 0 Å². The molecule has 4 nitrogen and oxygen atoms in total. The Labute approximate surface area is 127 Å². The summed E-state index contributed by atoms with van der Waals surface area (Å²) in [5.74, 6) is 0.121. The van der Waals surface area contributed by atoms with E-state index in [1.54, 1.807) is 0 Å². The van der Waals surface area contributed by atoms with Gasteiger partial charge in [-0.05, 0) is 31.9 Å². The molecule has 0 radical (unpaired) electrons. The molecular weight excluding hydrogens is 264 g/mol. The topological polar surface area (TPSA) is 53.8 Å². The van der Waals surface area contributed by atoms with E-state index in [9.17, 15) is 4.79 Å². The highest BCUT2D eigenvalue weighted by Crippen LogP contribution is 2.22. The number of hydrogen-bond acceptors (Lipinski definition) is 2. The third kappa shape index (κ3) is 3.83. The number of aliphatic hydroxyl groups excluding tert-OH is 1. The van der Waals surface area contributed by atoms with Gasteiger partial charge < -0.3 is 15.3 Å². The number of carbonyl (C=O) groups is 1. The molecule has 2 unspecified atom stereocenters. The van der Waals surface area contributed by atoms with Crippen molar-refractivity contribution in [1.29, 1.82) is 0 Å². The Bertz CT molecular complexity index is 491. The molecule has 3 N–H and O–H groups in total. The number of hydrogen-bond donors (Lipinski definition) is 3. The monoisotopic (exact) mass is 291 g/mol. The van der Waals surface area contributed by atoms with Crippen molar-refractivity contribution in [2.75, 3.05) is 25.0 Å². The highest BCUT2D eigenvalue weighted by molar-refractivity contribution is 5.95. The van der Waals surface area contributed by atoms with E-state index in [1.165, 1.54) is 10.5 Å². The predicted octanol–water partition coefficient (Wildman–Crippen LogP) is 0.980. The second-order valence-corrected chi connectivity index (χ2v) is 6.19. The van der Waals surface area contributed by atoms with E-state index in [1.807, 2.05) is 13.8 Å². The van der Waals surface area contributed by atoms with Gasteiger partial charge in [0.05, 0.1) is 13.1 Å². The quantitative estimate of drug-likeness (QED) is 0.757. The number of nitrogens with one attached hydrogen (secondary N) is 2. The number of quaternary nitrogens is 1. The highest BCUT2D eigenvalue weighted by Gasteiger charge is 2.34. The third-order valence-electron chi connectivity index (χ3n) is 4.38. The van der Waals surface area contributed by atoms with Crippen molar-refractivity contribution in [2.45, 2.75) is 46.1 Å². The summed E-state index contributed by atoms with van der Waals surface area (Å²) in [6.07, 6.45) is 2.79. The minimum absolute atomic E-state index is 0.0247. The second kappa shape index (κ2) is 7.05. The van der Waals surface area contributed by atoms with E-state index < -0.39 is 0 Å². The molecule has 1 aromatic rings. The van der Waals surface area contributed by atoms with Crippen LogP contribution in [0.25, 0.3) is 0 Å². The van der Waals surface area contributed by atoms with Crippen LogP contribution in [0.4, 0.5) is 5.69 Å². The van der Waals surface area contributed by atoms with E-state index in [4.69, 9.17) is 5.11 Å². The SMILES string of the molecule is Cc1cc(C)c(NC(=O)C2CCC[NH+]2CCCO)c(C)c1. The third-order valence-corrected chi connectivity index (χ3v) is 4.38. The van der Waals surface area contributed by atoms with Crippen LogP contribution in [-0.4, -0.2) is 36.8 Å². The number of benzene rings is 1. The molecule has 2 atom stereocenters. The standard InChI is InChI=1S/C17H26N2O2/c1-12-10-13(2)16(14(3)11-12)18-17(21)15-6-4-7-19(15)8-5-9-20/h10-11,15,20H,4-9H2,1-3H3,(H,18,21)/p+1. The van der Waals surface area contributed by atoms with Crippen LogP contribution in [0.5, 0.6) is 0 Å². The van der Waals surface area contributed by atoms with Crippen LogP contribution < -0.4 is 10.2 Å². The van der Waals surface area contributed by atoms with Gasteiger partial charge in [0, 0.05) is 31.6 Å². The summed E-state index contributed by atoms with van der Waals surface area (Å²) >= 11 is 0. The maximum Gasteiger partial charge on any atom is 0.282 e. The first-order chi connectivity index (χ1) is 10.0. The van der Waals surface area contributed by atoms with E-state index in [0.29, 0.717) is 0 Å². The summed E-state index contributed by atoms with van der Waals surface area (Å²) < 4.78 is 0. The molecule has 116 valence electrons. The number of anilines is 1. The summed E-state index contributed by atoms with van der Waals surface area (Å²) in [5.41, 5.74) is 4.42. The van der Waals surface area contributed by atoms with Crippen LogP contribution in [0.3, 0.4) is 0 Å². The molecule has 0 saturated carbocycles. The number of aliphatic hydroxyl groups is 1. The molecule has 2 rings (SSSR count). The summed E-state index contributed by atoms with van der Waals surface area (Å²) in [6.45, 7) is 8.27. The Morgan fingerprint density at radius 2 is 2.00 bits per heavy atom. The summed E-state index contributed by atoms with van der Waals surface area (Å²) in [4.78, 5) is 13.9. The van der Waals surface area contributed by atoms with E-state index >= 15 is 0 Å². The number of likely N-dealkylation sites (tertiary alicyclic amines) is 1. The van der Waals surface area contributed by atoms with Gasteiger partial charge in [0.15, 0.2) is 6.04 Å². The fourth-order valence-electron chi connectivity index (χ4n) is 3.42. The molecule has 1 heterocycles. The fraction of sp³-hybridized carbons (Fsp3) is 0.588. The maximum atomic E-state index is 12.6. The van der Waals surface area contributed by atoms with Crippen LogP contribution in [0.1, 0.15) is 36.0 Å². The van der Waals surface area contributed by atoms with Crippen molar-refractivity contribution >= 4 is 11.6 Å². The lowest BCUT2D eigenvalue weighted by Gasteiger charge is -2.21. The van der Waals surface area contributed by atoms with Gasteiger partial charge in [0.1, 0.15) is 0 Å². The number of amides is 1. The van der Waals surface area contributed by atoms with E-state index in [0.717, 1.165) is 49.2 Å². The van der Waals surface area contributed by atoms with Gasteiger partial charge in [-0.2, -0.15) is 0 Å². The molecule has 0 aromatic heterocycles. The lowest BCUT2D eigenvalue weighted by atomic mass is 10.0. The zero-order valence-corrected chi connectivity index (χ0v) is 13.3. The zero-order valence-electron chi connectivity index (χ0n) is 13.3. The molecule has 4 heteroatoms. The molecule has 1 aliphatic rings. The molecule has 1 saturated heterocycles. The van der Waals surface area contributed by atoms with Crippen molar-refractivity contribution < 1.29 is 14.8 Å². The number of rotatable bonds is 5. The highest BCUT2D eigenvalue weighted by atomic mass is 16.3. The molecule has 1 aliphatic heterocycles. The maximum absolute atomic E-state index is 12.6. The normalized spacial score (nSPS) is 21.5. The van der Waals surface area contributed by atoms with Crippen LogP contribution in [-0.2, 0) is 4.79 Å². The van der Waals surface area contributed by atoms with Crippen molar-refractivity contribution in [1.82, 2.24) is 0 Å². The Kier molecular flexibility index (Phi) is 5.37. The Morgan fingerprint density at radius 1 is 1.33 bits per heavy atom. The van der Waals surface area contributed by atoms with Crippen LogP contribution in [0.2, 0.25) is 0 Å². The van der Waals surface area contributed by atoms with Gasteiger partial charge in [0.2, 0.25) is 0 Å². The van der Waals surface area contributed by atoms with Gasteiger partial charge in [-0.25, -0.2) is 0 Å². The Hall–Kier alpha value is -1.39. The van der Waals surface area contributed by atoms with E-state index in [2.05, 4.69) is 24.4 Å². The number of aryl methyl sites for hydroxylation is 3. The van der Waals surface area contributed by atoms with Crippen LogP contribution in [0, 0.1) is 20.8 Å². The first-order valence-electron chi connectivity index (χ1n) is 7.87. The molecule has 0 bridgehead atoms. The molecule has 0 aliphatic carbocycles. The molecule has 1 fully saturated rings. The molecule has 0 spiro atoms. The van der Waals surface area contributed by atoms with Crippen LogP contribution in [0.15, 0.2) is 12.1 Å². The van der Waals surface area contributed by atoms with Crippen molar-refractivity contribution in [2.24, 2.45) is 0 Å². The average Bonchev–Trinajstić information content (AvgIpc) is 2.88. The second-order valence-electron chi connectivity index (χ2n) is 6.19. The first-order valence-corrected chi connectivity index (χ1v) is 7.87. The molecule has 21 heavy (non-hydrogen) atoms. The van der Waals surface area contributed by atoms with Crippen molar-refractivity contribution in [3.05, 3.63) is 28.8 Å². The lowest BCUT2D eigenvalue weighted by Crippen LogP contribution is -3.14. The number of carbonyl (C=O) groups excluding carboxylic acids is 1. The van der Waals surface area contributed by atoms with Crippen molar-refractivity contribution in [3.63, 3.8) is 0 Å². The average molecular weight is 291 g/mol. The smallest absolute Gasteiger partial charge is 0.282 e. The Morgan fingerprint density at radius 3 is 2.62 bits per heavy atom. The largest absolute Gasteiger partial charge is 0.396 e. The molecule has 1 aromatic carbocycles. The van der Waals surface area contributed by atoms with Gasteiger partial charge in [-0.3, -0.25) is 4.79 Å². The summed E-state index contributed by atoms with van der Waals surface area (Å²) in [7, 11) is 0. The van der Waals surface area contributed by atoms with Gasteiger partial charge in [-0.15, -0.1) is 0 Å². The predicted molar refractivity (Wildman–Crippen MR) is 84.7 cm³/mol. The summed E-state index contributed by atoms with van der Waals surface area (Å²) in [6, 6.07) is 4.23. The first kappa shape index (κ1) is 16.0. The minimum Gasteiger partial charge on any atom is -0.396 e. The Balaban J connectivity index is 2.07. The molecule has 1 amide bonds. The van der Waals surface area contributed by atoms with Gasteiger partial charge in [-0.1, -0.05) is 17.7 Å². The molecular formula is C17H27N2O2+. The fourth-order valence-corrected chi connectivity index (χ4v) is 3.42. The summed E-state index contributed by atoms with van der Waals surface area (Å²) in [5, 5.41) is 12.1. The van der Waals surface area contributed by atoms with E-state index in [-0.39, 0.29) is 18.6 Å². The minimum atomic E-state index is 0.0247.